The molecule has 0 aromatic carbocycles. The number of nitrogens with one attached hydrogen (secondary N) is 1. The van der Waals surface area contributed by atoms with Crippen LogP contribution in [0.4, 0.5) is 0 Å². The molecule has 0 aliphatic carbocycles. The van der Waals surface area contributed by atoms with Gasteiger partial charge in [-0.25, -0.2) is 0 Å². The summed E-state index contributed by atoms with van der Waals surface area (Å²) in [5.41, 5.74) is 0.333. The van der Waals surface area contributed by atoms with Crippen LogP contribution in [0.2, 0.25) is 0 Å². The van der Waals surface area contributed by atoms with E-state index in [0.29, 0.717) is 11.5 Å². The van der Waals surface area contributed by atoms with Crippen molar-refractivity contribution < 1.29 is 14.0 Å². The molecule has 0 fully saturated rings. The zero-order chi connectivity index (χ0) is 13.7. The molecule has 2 aromatic heterocycles. The van der Waals surface area contributed by atoms with Crippen molar-refractivity contribution in [3.05, 3.63) is 54.2 Å². The highest BCUT2D eigenvalue weighted by Crippen LogP contribution is 2.06. The van der Waals surface area contributed by atoms with Crippen LogP contribution in [-0.2, 0) is 0 Å². The first-order valence-corrected chi connectivity index (χ1v) is 5.95. The first kappa shape index (κ1) is 13.0. The molecule has 5 nitrogen and oxygen atoms in total. The second-order valence-corrected chi connectivity index (χ2v) is 4.19. The van der Waals surface area contributed by atoms with Crippen molar-refractivity contribution in [2.24, 2.45) is 0 Å². The van der Waals surface area contributed by atoms with Crippen LogP contribution in [-0.4, -0.2) is 22.7 Å². The molecule has 5 heteroatoms. The van der Waals surface area contributed by atoms with E-state index in [0.717, 1.165) is 0 Å². The Labute approximate surface area is 110 Å². The number of nitrogens with zero attached hydrogens (tertiary/aromatic N) is 1. The van der Waals surface area contributed by atoms with E-state index >= 15 is 0 Å². The van der Waals surface area contributed by atoms with Gasteiger partial charge in [0.25, 0.3) is 5.91 Å². The van der Waals surface area contributed by atoms with Gasteiger partial charge in [-0.2, -0.15) is 0 Å². The fourth-order valence-electron chi connectivity index (χ4n) is 1.66. The first-order chi connectivity index (χ1) is 9.16. The maximum absolute atomic E-state index is 11.8. The fourth-order valence-corrected chi connectivity index (χ4v) is 1.66. The summed E-state index contributed by atoms with van der Waals surface area (Å²) in [6.07, 6.45) is 3.18. The van der Waals surface area contributed by atoms with Gasteiger partial charge in [-0.1, -0.05) is 6.07 Å². The fraction of sp³-hybridized carbons (Fsp3) is 0.214. The summed E-state index contributed by atoms with van der Waals surface area (Å²) >= 11 is 0. The maximum atomic E-state index is 11.8. The minimum Gasteiger partial charge on any atom is -0.461 e. The van der Waals surface area contributed by atoms with Crippen LogP contribution in [0.1, 0.15) is 34.4 Å². The lowest BCUT2D eigenvalue weighted by Gasteiger charge is -2.11. The molecule has 0 aliphatic rings. The average Bonchev–Trinajstić information content (AvgIpc) is 2.93. The number of furan rings is 1. The molecular weight excluding hydrogens is 244 g/mol. The highest BCUT2D eigenvalue weighted by Gasteiger charge is 2.16. The molecule has 2 aromatic rings. The van der Waals surface area contributed by atoms with Crippen molar-refractivity contribution in [1.82, 2.24) is 10.3 Å². The number of Topliss-reactive ketones (excluding diaryl/α,β-unsaturated/α-hetero) is 1. The molecule has 0 radical (unpaired) electrons. The number of hydrogen-bond acceptors (Lipinski definition) is 4. The predicted molar refractivity (Wildman–Crippen MR) is 68.8 cm³/mol. The van der Waals surface area contributed by atoms with Gasteiger partial charge in [0, 0.05) is 18.7 Å². The second kappa shape index (κ2) is 5.95. The topological polar surface area (TPSA) is 72.2 Å². The number of rotatable bonds is 5. The lowest BCUT2D eigenvalue weighted by molar-refractivity contribution is 0.0904. The second-order valence-electron chi connectivity index (χ2n) is 4.19. The van der Waals surface area contributed by atoms with Crippen LogP contribution in [0.15, 0.2) is 47.2 Å². The van der Waals surface area contributed by atoms with Gasteiger partial charge in [-0.05, 0) is 31.2 Å². The number of carbonyl (C=O) groups is 2. The van der Waals surface area contributed by atoms with Gasteiger partial charge in [0.2, 0.25) is 0 Å². The Balaban J connectivity index is 1.90. The third kappa shape index (κ3) is 3.51. The van der Waals surface area contributed by atoms with Crippen LogP contribution in [0, 0.1) is 0 Å². The first-order valence-electron chi connectivity index (χ1n) is 5.95. The minimum atomic E-state index is -0.291. The molecule has 0 unspecified atom stereocenters. The summed E-state index contributed by atoms with van der Waals surface area (Å²) in [4.78, 5) is 27.5. The lowest BCUT2D eigenvalue weighted by Crippen LogP contribution is -2.34. The van der Waals surface area contributed by atoms with Gasteiger partial charge in [0.1, 0.15) is 5.69 Å². The number of pyridine rings is 1. The number of aromatic nitrogens is 1. The zero-order valence-corrected chi connectivity index (χ0v) is 10.5. The maximum Gasteiger partial charge on any atom is 0.270 e. The zero-order valence-electron chi connectivity index (χ0n) is 10.5. The summed E-state index contributed by atoms with van der Waals surface area (Å²) in [5.74, 6) is -0.127. The molecule has 0 saturated carbocycles. The van der Waals surface area contributed by atoms with E-state index in [-0.39, 0.29) is 24.2 Å². The lowest BCUT2D eigenvalue weighted by atomic mass is 10.1. The molecule has 0 bridgehead atoms. The Kier molecular flexibility index (Phi) is 4.07. The van der Waals surface area contributed by atoms with Crippen LogP contribution >= 0.6 is 0 Å². The van der Waals surface area contributed by atoms with E-state index in [1.165, 1.54) is 6.26 Å². The third-order valence-corrected chi connectivity index (χ3v) is 2.56. The molecule has 1 amide bonds. The van der Waals surface area contributed by atoms with E-state index in [2.05, 4.69) is 10.3 Å². The highest BCUT2D eigenvalue weighted by atomic mass is 16.3. The van der Waals surface area contributed by atoms with Crippen molar-refractivity contribution >= 4 is 11.7 Å². The van der Waals surface area contributed by atoms with Gasteiger partial charge in [0.05, 0.1) is 6.26 Å². The Bertz CT molecular complexity index is 549. The molecular formula is C14H14N2O3. The number of hydrogen-bond donors (Lipinski definition) is 1. The molecule has 2 rings (SSSR count). The summed E-state index contributed by atoms with van der Waals surface area (Å²) in [6.45, 7) is 1.77. The van der Waals surface area contributed by atoms with Gasteiger partial charge in [-0.3, -0.25) is 14.6 Å². The third-order valence-electron chi connectivity index (χ3n) is 2.56. The van der Waals surface area contributed by atoms with E-state index in [4.69, 9.17) is 4.42 Å². The van der Waals surface area contributed by atoms with E-state index in [1.807, 2.05) is 0 Å². The van der Waals surface area contributed by atoms with Gasteiger partial charge in [0.15, 0.2) is 11.5 Å². The highest BCUT2D eigenvalue weighted by molar-refractivity contribution is 5.95. The smallest absolute Gasteiger partial charge is 0.270 e. The van der Waals surface area contributed by atoms with Crippen LogP contribution in [0.25, 0.3) is 0 Å². The van der Waals surface area contributed by atoms with Crippen LogP contribution in [0.5, 0.6) is 0 Å². The van der Waals surface area contributed by atoms with Gasteiger partial charge < -0.3 is 9.73 Å². The summed E-state index contributed by atoms with van der Waals surface area (Å²) in [6, 6.07) is 8.07. The minimum absolute atomic E-state index is 0.140. The van der Waals surface area contributed by atoms with Crippen molar-refractivity contribution in [1.29, 1.82) is 0 Å². The Morgan fingerprint density at radius 3 is 2.79 bits per heavy atom. The van der Waals surface area contributed by atoms with Gasteiger partial charge >= 0.3 is 0 Å². The average molecular weight is 258 g/mol. The monoisotopic (exact) mass is 258 g/mol. The van der Waals surface area contributed by atoms with Crippen molar-refractivity contribution in [2.45, 2.75) is 19.4 Å². The normalized spacial score (nSPS) is 11.8. The van der Waals surface area contributed by atoms with Crippen LogP contribution in [0.3, 0.4) is 0 Å². The molecule has 1 N–H and O–H groups in total. The molecule has 0 spiro atoms. The Morgan fingerprint density at radius 2 is 2.16 bits per heavy atom. The molecule has 2 heterocycles. The molecule has 0 saturated heterocycles. The van der Waals surface area contributed by atoms with Gasteiger partial charge in [-0.15, -0.1) is 0 Å². The van der Waals surface area contributed by atoms with E-state index in [1.54, 1.807) is 43.5 Å². The summed E-state index contributed by atoms with van der Waals surface area (Å²) < 4.78 is 5.01. The summed E-state index contributed by atoms with van der Waals surface area (Å²) in [7, 11) is 0. The van der Waals surface area contributed by atoms with Crippen molar-refractivity contribution in [3.63, 3.8) is 0 Å². The number of ketones is 1. The van der Waals surface area contributed by atoms with E-state index < -0.39 is 0 Å². The SMILES string of the molecule is C[C@H](CC(=O)c1ccco1)NC(=O)c1ccccn1. The molecule has 19 heavy (non-hydrogen) atoms. The van der Waals surface area contributed by atoms with E-state index in [9.17, 15) is 9.59 Å². The molecule has 1 atom stereocenters. The predicted octanol–water partition coefficient (Wildman–Crippen LogP) is 2.07. The summed E-state index contributed by atoms with van der Waals surface area (Å²) in [5, 5.41) is 2.73. The standard InChI is InChI=1S/C14H14N2O3/c1-10(9-12(17)13-6-4-8-19-13)16-14(18)11-5-2-3-7-15-11/h2-8,10H,9H2,1H3,(H,16,18)/t10-/m1/s1. The Morgan fingerprint density at radius 1 is 1.32 bits per heavy atom. The van der Waals surface area contributed by atoms with Crippen molar-refractivity contribution in [3.8, 4) is 0 Å². The molecule has 98 valence electrons. The van der Waals surface area contributed by atoms with Crippen molar-refractivity contribution in [2.75, 3.05) is 0 Å². The quantitative estimate of drug-likeness (QED) is 0.833. The Hall–Kier alpha value is -2.43. The number of carbonyl (C=O) groups excluding carboxylic acids is 2. The largest absolute Gasteiger partial charge is 0.461 e. The van der Waals surface area contributed by atoms with Crippen LogP contribution < -0.4 is 5.32 Å². The molecule has 0 aliphatic heterocycles. The number of amides is 1.